The summed E-state index contributed by atoms with van der Waals surface area (Å²) in [6, 6.07) is 10.5. The van der Waals surface area contributed by atoms with Crippen LogP contribution in [0.4, 0.5) is 10.1 Å². The van der Waals surface area contributed by atoms with Crippen molar-refractivity contribution in [3.63, 3.8) is 0 Å². The van der Waals surface area contributed by atoms with E-state index in [0.717, 1.165) is 6.42 Å². The van der Waals surface area contributed by atoms with Gasteiger partial charge in [0.25, 0.3) is 5.91 Å². The van der Waals surface area contributed by atoms with Crippen LogP contribution in [0.3, 0.4) is 0 Å². The zero-order valence-electron chi connectivity index (χ0n) is 15.7. The summed E-state index contributed by atoms with van der Waals surface area (Å²) in [6.45, 7) is 2.14. The molecule has 0 aliphatic rings. The number of amides is 1. The second-order valence-corrected chi connectivity index (χ2v) is 5.75. The molecular formula is C21H22FNO5. The average molecular weight is 387 g/mol. The smallest absolute Gasteiger partial charge is 0.331 e. The van der Waals surface area contributed by atoms with Gasteiger partial charge in [0.2, 0.25) is 0 Å². The van der Waals surface area contributed by atoms with Crippen LogP contribution < -0.4 is 14.8 Å². The first-order chi connectivity index (χ1) is 13.5. The Morgan fingerprint density at radius 2 is 1.86 bits per heavy atom. The van der Waals surface area contributed by atoms with Crippen molar-refractivity contribution in [3.05, 3.63) is 59.9 Å². The van der Waals surface area contributed by atoms with Crippen molar-refractivity contribution in [1.29, 1.82) is 0 Å². The molecule has 6 nitrogen and oxygen atoms in total. The van der Waals surface area contributed by atoms with E-state index in [-0.39, 0.29) is 0 Å². The minimum absolute atomic E-state index is 0.406. The van der Waals surface area contributed by atoms with Gasteiger partial charge in [-0.25, -0.2) is 9.18 Å². The van der Waals surface area contributed by atoms with Crippen LogP contribution in [0.25, 0.3) is 6.08 Å². The molecule has 0 heterocycles. The maximum atomic E-state index is 12.8. The highest BCUT2D eigenvalue weighted by molar-refractivity contribution is 5.94. The van der Waals surface area contributed by atoms with Crippen LogP contribution in [-0.4, -0.2) is 32.2 Å². The Morgan fingerprint density at radius 3 is 2.54 bits per heavy atom. The lowest BCUT2D eigenvalue weighted by atomic mass is 10.2. The van der Waals surface area contributed by atoms with Gasteiger partial charge in [0.15, 0.2) is 18.1 Å². The van der Waals surface area contributed by atoms with Crippen LogP contribution in [-0.2, 0) is 14.3 Å². The molecule has 2 aromatic carbocycles. The Kier molecular flexibility index (Phi) is 8.02. The molecule has 0 saturated heterocycles. The molecule has 0 spiro atoms. The molecule has 0 unspecified atom stereocenters. The lowest BCUT2D eigenvalue weighted by Gasteiger charge is -2.10. The summed E-state index contributed by atoms with van der Waals surface area (Å²) >= 11 is 0. The number of ether oxygens (including phenoxy) is 3. The molecule has 28 heavy (non-hydrogen) atoms. The third-order valence-electron chi connectivity index (χ3n) is 3.53. The Labute approximate surface area is 162 Å². The number of hydrogen-bond acceptors (Lipinski definition) is 5. The average Bonchev–Trinajstić information content (AvgIpc) is 2.71. The summed E-state index contributed by atoms with van der Waals surface area (Å²) in [5.41, 5.74) is 1.13. The van der Waals surface area contributed by atoms with Gasteiger partial charge in [-0.15, -0.1) is 0 Å². The fourth-order valence-electron chi connectivity index (χ4n) is 2.20. The van der Waals surface area contributed by atoms with Crippen molar-refractivity contribution in [2.24, 2.45) is 0 Å². The van der Waals surface area contributed by atoms with Gasteiger partial charge in [-0.1, -0.05) is 13.0 Å². The number of carbonyl (C=O) groups excluding carboxylic acids is 2. The quantitative estimate of drug-likeness (QED) is 0.523. The van der Waals surface area contributed by atoms with E-state index in [1.165, 1.54) is 37.5 Å². The Hall–Kier alpha value is -3.35. The number of halogens is 1. The van der Waals surface area contributed by atoms with Gasteiger partial charge in [-0.2, -0.15) is 0 Å². The maximum absolute atomic E-state index is 12.8. The summed E-state index contributed by atoms with van der Waals surface area (Å²) in [7, 11) is 1.54. The van der Waals surface area contributed by atoms with E-state index in [9.17, 15) is 14.0 Å². The van der Waals surface area contributed by atoms with Crippen LogP contribution >= 0.6 is 0 Å². The minimum atomic E-state index is -0.667. The normalized spacial score (nSPS) is 10.5. The van der Waals surface area contributed by atoms with Crippen molar-refractivity contribution >= 4 is 23.6 Å². The number of methoxy groups -OCH3 is 1. The first kappa shape index (κ1) is 21.0. The zero-order valence-corrected chi connectivity index (χ0v) is 15.7. The third-order valence-corrected chi connectivity index (χ3v) is 3.53. The molecular weight excluding hydrogens is 365 g/mol. The molecule has 0 aromatic heterocycles. The number of carbonyl (C=O) groups is 2. The topological polar surface area (TPSA) is 73.9 Å². The molecule has 0 fully saturated rings. The standard InChI is InChI=1S/C21H22FNO5/c1-3-12-27-18-10-4-15(13-19(18)26-2)5-11-21(25)28-14-20(24)23-17-8-6-16(22)7-9-17/h4-11,13H,3,12,14H2,1-2H3,(H,23,24)/b11-5+. The fraction of sp³-hybridized carbons (Fsp3) is 0.238. The van der Waals surface area contributed by atoms with E-state index >= 15 is 0 Å². The zero-order chi connectivity index (χ0) is 20.4. The number of nitrogens with one attached hydrogen (secondary N) is 1. The first-order valence-corrected chi connectivity index (χ1v) is 8.73. The van der Waals surface area contributed by atoms with Gasteiger partial charge in [0.1, 0.15) is 5.82 Å². The van der Waals surface area contributed by atoms with Crippen LogP contribution in [0.1, 0.15) is 18.9 Å². The Balaban J connectivity index is 1.85. The highest BCUT2D eigenvalue weighted by Crippen LogP contribution is 2.28. The van der Waals surface area contributed by atoms with Gasteiger partial charge in [-0.3, -0.25) is 4.79 Å². The third kappa shape index (κ3) is 6.75. The van der Waals surface area contributed by atoms with Gasteiger partial charge >= 0.3 is 5.97 Å². The summed E-state index contributed by atoms with van der Waals surface area (Å²) in [4.78, 5) is 23.5. The molecule has 2 aromatic rings. The van der Waals surface area contributed by atoms with Gasteiger partial charge < -0.3 is 19.5 Å². The second kappa shape index (κ2) is 10.7. The molecule has 7 heteroatoms. The summed E-state index contributed by atoms with van der Waals surface area (Å²) in [5.74, 6) is -0.410. The molecule has 0 aliphatic carbocycles. The molecule has 0 aliphatic heterocycles. The molecule has 1 N–H and O–H groups in total. The highest BCUT2D eigenvalue weighted by atomic mass is 19.1. The summed E-state index contributed by atoms with van der Waals surface area (Å²) in [6.07, 6.45) is 3.64. The molecule has 0 atom stereocenters. The molecule has 0 saturated carbocycles. The summed E-state index contributed by atoms with van der Waals surface area (Å²) in [5, 5.41) is 2.50. The van der Waals surface area contributed by atoms with Crippen molar-refractivity contribution in [2.45, 2.75) is 13.3 Å². The van der Waals surface area contributed by atoms with E-state index in [0.29, 0.717) is 29.4 Å². The molecule has 1 amide bonds. The number of hydrogen-bond donors (Lipinski definition) is 1. The van der Waals surface area contributed by atoms with Crippen LogP contribution in [0.2, 0.25) is 0 Å². The summed E-state index contributed by atoms with van der Waals surface area (Å²) < 4.78 is 28.6. The first-order valence-electron chi connectivity index (χ1n) is 8.73. The number of benzene rings is 2. The van der Waals surface area contributed by atoms with Crippen molar-refractivity contribution < 1.29 is 28.2 Å². The largest absolute Gasteiger partial charge is 0.493 e. The number of anilines is 1. The number of rotatable bonds is 9. The van der Waals surface area contributed by atoms with Gasteiger partial charge in [0.05, 0.1) is 13.7 Å². The maximum Gasteiger partial charge on any atom is 0.331 e. The lowest BCUT2D eigenvalue weighted by Crippen LogP contribution is -2.20. The van der Waals surface area contributed by atoms with E-state index in [1.54, 1.807) is 24.3 Å². The van der Waals surface area contributed by atoms with Crippen molar-refractivity contribution in [1.82, 2.24) is 0 Å². The lowest BCUT2D eigenvalue weighted by molar-refractivity contribution is -0.142. The van der Waals surface area contributed by atoms with Crippen molar-refractivity contribution in [2.75, 3.05) is 25.6 Å². The monoisotopic (exact) mass is 387 g/mol. The number of esters is 1. The minimum Gasteiger partial charge on any atom is -0.493 e. The van der Waals surface area contributed by atoms with Crippen LogP contribution in [0.15, 0.2) is 48.5 Å². The van der Waals surface area contributed by atoms with Gasteiger partial charge in [-0.05, 0) is 54.5 Å². The van der Waals surface area contributed by atoms with Crippen LogP contribution in [0.5, 0.6) is 11.5 Å². The van der Waals surface area contributed by atoms with Crippen molar-refractivity contribution in [3.8, 4) is 11.5 Å². The fourth-order valence-corrected chi connectivity index (χ4v) is 2.20. The molecule has 148 valence electrons. The Morgan fingerprint density at radius 1 is 1.11 bits per heavy atom. The molecule has 2 rings (SSSR count). The van der Waals surface area contributed by atoms with E-state index in [2.05, 4.69) is 5.32 Å². The second-order valence-electron chi connectivity index (χ2n) is 5.75. The highest BCUT2D eigenvalue weighted by Gasteiger charge is 2.07. The van der Waals surface area contributed by atoms with E-state index in [1.807, 2.05) is 6.92 Å². The Bertz CT molecular complexity index is 833. The van der Waals surface area contributed by atoms with E-state index in [4.69, 9.17) is 14.2 Å². The SMILES string of the molecule is CCCOc1ccc(/C=C/C(=O)OCC(=O)Nc2ccc(F)cc2)cc1OC. The predicted octanol–water partition coefficient (Wildman–Crippen LogP) is 3.82. The van der Waals surface area contributed by atoms with Crippen LogP contribution in [0, 0.1) is 5.82 Å². The van der Waals surface area contributed by atoms with E-state index < -0.39 is 24.3 Å². The predicted molar refractivity (Wildman–Crippen MR) is 104 cm³/mol. The molecule has 0 bridgehead atoms. The van der Waals surface area contributed by atoms with Gasteiger partial charge in [0, 0.05) is 11.8 Å². The molecule has 0 radical (unpaired) electrons.